The number of aromatic hydroxyl groups is 1. The highest BCUT2D eigenvalue weighted by atomic mass is 16.3. The number of fused-ring (bicyclic) bond motifs is 1. The normalized spacial score (nSPS) is 10.8. The molecule has 2 aromatic rings. The van der Waals surface area contributed by atoms with Gasteiger partial charge in [0.15, 0.2) is 5.65 Å². The van der Waals surface area contributed by atoms with Crippen molar-refractivity contribution in [3.63, 3.8) is 0 Å². The number of hydrogen-bond donors (Lipinski definition) is 2. The third kappa shape index (κ3) is 2.13. The van der Waals surface area contributed by atoms with Gasteiger partial charge in [0.1, 0.15) is 0 Å². The van der Waals surface area contributed by atoms with E-state index < -0.39 is 0 Å². The minimum absolute atomic E-state index is 0.0712. The molecule has 0 unspecified atom stereocenters. The molecular weight excluding hydrogens is 232 g/mol. The Morgan fingerprint density at radius 3 is 2.89 bits per heavy atom. The summed E-state index contributed by atoms with van der Waals surface area (Å²) < 4.78 is 1.58. The van der Waals surface area contributed by atoms with Crippen molar-refractivity contribution in [3.8, 4) is 5.88 Å². The van der Waals surface area contributed by atoms with Gasteiger partial charge in [0, 0.05) is 17.8 Å². The van der Waals surface area contributed by atoms with E-state index in [-0.39, 0.29) is 18.3 Å². The third-order valence-corrected chi connectivity index (χ3v) is 2.75. The molecule has 2 aromatic heterocycles. The Labute approximate surface area is 105 Å². The van der Waals surface area contributed by atoms with Gasteiger partial charge in [0.2, 0.25) is 11.8 Å². The van der Waals surface area contributed by atoms with Crippen molar-refractivity contribution in [2.75, 3.05) is 0 Å². The predicted molar refractivity (Wildman–Crippen MR) is 66.3 cm³/mol. The van der Waals surface area contributed by atoms with E-state index in [9.17, 15) is 9.90 Å². The molecular formula is C12H16N4O2. The van der Waals surface area contributed by atoms with Crippen LogP contribution in [0.15, 0.2) is 6.07 Å². The van der Waals surface area contributed by atoms with Crippen LogP contribution in [0.4, 0.5) is 0 Å². The minimum Gasteiger partial charge on any atom is -0.492 e. The Bertz CT molecular complexity index is 604. The van der Waals surface area contributed by atoms with Crippen molar-refractivity contribution >= 4 is 11.6 Å². The molecule has 0 aliphatic heterocycles. The molecule has 2 N–H and O–H groups in total. The first-order valence-electron chi connectivity index (χ1n) is 5.84. The minimum atomic E-state index is -0.0902. The average Bonchev–Trinajstić information content (AvgIpc) is 2.63. The predicted octanol–water partition coefficient (Wildman–Crippen LogP) is 1.08. The first kappa shape index (κ1) is 12.3. The van der Waals surface area contributed by atoms with Gasteiger partial charge in [-0.2, -0.15) is 0 Å². The molecule has 0 atom stereocenters. The van der Waals surface area contributed by atoms with Crippen molar-refractivity contribution in [1.29, 1.82) is 0 Å². The third-order valence-electron chi connectivity index (χ3n) is 2.75. The van der Waals surface area contributed by atoms with Crippen LogP contribution in [0.5, 0.6) is 5.88 Å². The second-order valence-corrected chi connectivity index (χ2v) is 4.21. The summed E-state index contributed by atoms with van der Waals surface area (Å²) in [5, 5.41) is 16.5. The Morgan fingerprint density at radius 1 is 1.50 bits per heavy atom. The SMILES string of the molecule is CCC(=O)NCc1c(O)nn2c(C)cc(C)nc12. The second kappa shape index (κ2) is 4.64. The molecule has 18 heavy (non-hydrogen) atoms. The van der Waals surface area contributed by atoms with Crippen LogP contribution in [0.25, 0.3) is 5.65 Å². The maximum absolute atomic E-state index is 11.2. The number of hydrogen-bond acceptors (Lipinski definition) is 4. The molecule has 0 fully saturated rings. The standard InChI is InChI=1S/C12H16N4O2/c1-4-10(17)13-6-9-11-14-7(2)5-8(3)16(11)15-12(9)18/h5H,4,6H2,1-3H3,(H,13,17)(H,15,18). The summed E-state index contributed by atoms with van der Waals surface area (Å²) in [6.07, 6.45) is 0.408. The first-order valence-corrected chi connectivity index (χ1v) is 5.84. The first-order chi connectivity index (χ1) is 8.52. The number of aromatic nitrogens is 3. The maximum Gasteiger partial charge on any atom is 0.238 e. The van der Waals surface area contributed by atoms with E-state index in [0.29, 0.717) is 17.6 Å². The Morgan fingerprint density at radius 2 is 2.22 bits per heavy atom. The molecule has 0 saturated carbocycles. The van der Waals surface area contributed by atoms with Crippen molar-refractivity contribution < 1.29 is 9.90 Å². The van der Waals surface area contributed by atoms with Crippen LogP contribution in [0.1, 0.15) is 30.3 Å². The Hall–Kier alpha value is -2.11. The van der Waals surface area contributed by atoms with E-state index in [2.05, 4.69) is 15.4 Å². The maximum atomic E-state index is 11.2. The summed E-state index contributed by atoms with van der Waals surface area (Å²) in [5.41, 5.74) is 2.87. The zero-order valence-corrected chi connectivity index (χ0v) is 10.7. The number of aryl methyl sites for hydroxylation is 2. The lowest BCUT2D eigenvalue weighted by Gasteiger charge is -2.03. The number of carbonyl (C=O) groups excluding carboxylic acids is 1. The molecule has 6 heteroatoms. The summed E-state index contributed by atoms with van der Waals surface area (Å²) in [5.74, 6) is -0.161. The van der Waals surface area contributed by atoms with Gasteiger partial charge in [0.05, 0.1) is 12.1 Å². The van der Waals surface area contributed by atoms with Crippen LogP contribution in [-0.2, 0) is 11.3 Å². The van der Waals surface area contributed by atoms with Gasteiger partial charge >= 0.3 is 0 Å². The number of rotatable bonds is 3. The van der Waals surface area contributed by atoms with Crippen LogP contribution < -0.4 is 5.32 Å². The molecule has 0 spiro atoms. The van der Waals surface area contributed by atoms with E-state index in [4.69, 9.17) is 0 Å². The lowest BCUT2D eigenvalue weighted by atomic mass is 10.3. The summed E-state index contributed by atoms with van der Waals surface area (Å²) >= 11 is 0. The number of nitrogens with one attached hydrogen (secondary N) is 1. The molecule has 0 aromatic carbocycles. The van der Waals surface area contributed by atoms with Gasteiger partial charge in [-0.25, -0.2) is 9.50 Å². The molecule has 2 heterocycles. The van der Waals surface area contributed by atoms with Gasteiger partial charge in [-0.15, -0.1) is 5.10 Å². The Balaban J connectivity index is 2.43. The van der Waals surface area contributed by atoms with Gasteiger partial charge in [-0.05, 0) is 19.9 Å². The fraction of sp³-hybridized carbons (Fsp3) is 0.417. The molecule has 1 amide bonds. The molecule has 2 rings (SSSR count). The van der Waals surface area contributed by atoms with E-state index in [1.165, 1.54) is 0 Å². The lowest BCUT2D eigenvalue weighted by molar-refractivity contribution is -0.120. The highest BCUT2D eigenvalue weighted by Gasteiger charge is 2.15. The zero-order chi connectivity index (χ0) is 13.3. The number of carbonyl (C=O) groups is 1. The monoisotopic (exact) mass is 248 g/mol. The molecule has 0 radical (unpaired) electrons. The highest BCUT2D eigenvalue weighted by molar-refractivity contribution is 5.75. The molecule has 0 saturated heterocycles. The van der Waals surface area contributed by atoms with E-state index in [1.807, 2.05) is 19.9 Å². The van der Waals surface area contributed by atoms with Crippen molar-refractivity contribution in [1.82, 2.24) is 19.9 Å². The fourth-order valence-electron chi connectivity index (χ4n) is 1.82. The second-order valence-electron chi connectivity index (χ2n) is 4.21. The molecule has 96 valence electrons. The fourth-order valence-corrected chi connectivity index (χ4v) is 1.82. The highest BCUT2D eigenvalue weighted by Crippen LogP contribution is 2.21. The van der Waals surface area contributed by atoms with E-state index in [1.54, 1.807) is 11.4 Å². The smallest absolute Gasteiger partial charge is 0.238 e. The molecule has 6 nitrogen and oxygen atoms in total. The van der Waals surface area contributed by atoms with Crippen LogP contribution in [-0.4, -0.2) is 25.6 Å². The van der Waals surface area contributed by atoms with Crippen LogP contribution >= 0.6 is 0 Å². The van der Waals surface area contributed by atoms with E-state index >= 15 is 0 Å². The number of amides is 1. The van der Waals surface area contributed by atoms with Crippen molar-refractivity contribution in [2.24, 2.45) is 0 Å². The summed E-state index contributed by atoms with van der Waals surface area (Å²) in [4.78, 5) is 15.6. The lowest BCUT2D eigenvalue weighted by Crippen LogP contribution is -2.21. The largest absolute Gasteiger partial charge is 0.492 e. The van der Waals surface area contributed by atoms with Crippen LogP contribution in [0, 0.1) is 13.8 Å². The summed E-state index contributed by atoms with van der Waals surface area (Å²) in [6.45, 7) is 5.78. The molecule has 0 bridgehead atoms. The van der Waals surface area contributed by atoms with E-state index in [0.717, 1.165) is 11.4 Å². The van der Waals surface area contributed by atoms with Crippen molar-refractivity contribution in [2.45, 2.75) is 33.7 Å². The topological polar surface area (TPSA) is 79.5 Å². The van der Waals surface area contributed by atoms with Gasteiger partial charge in [-0.3, -0.25) is 4.79 Å². The van der Waals surface area contributed by atoms with Crippen LogP contribution in [0.2, 0.25) is 0 Å². The number of nitrogens with zero attached hydrogens (tertiary/aromatic N) is 3. The summed E-state index contributed by atoms with van der Waals surface area (Å²) in [7, 11) is 0. The van der Waals surface area contributed by atoms with Gasteiger partial charge in [0.25, 0.3) is 0 Å². The molecule has 0 aliphatic carbocycles. The van der Waals surface area contributed by atoms with Gasteiger partial charge < -0.3 is 10.4 Å². The van der Waals surface area contributed by atoms with Crippen molar-refractivity contribution in [3.05, 3.63) is 23.0 Å². The van der Waals surface area contributed by atoms with Crippen LogP contribution in [0.3, 0.4) is 0 Å². The quantitative estimate of drug-likeness (QED) is 0.851. The zero-order valence-electron chi connectivity index (χ0n) is 10.7. The Kier molecular flexibility index (Phi) is 3.18. The van der Waals surface area contributed by atoms with Gasteiger partial charge in [-0.1, -0.05) is 6.92 Å². The summed E-state index contributed by atoms with van der Waals surface area (Å²) in [6, 6.07) is 1.88. The average molecular weight is 248 g/mol. The molecule has 0 aliphatic rings.